The van der Waals surface area contributed by atoms with Crippen molar-refractivity contribution >= 4 is 40.8 Å². The zero-order chi connectivity index (χ0) is 18.7. The van der Waals surface area contributed by atoms with Crippen molar-refractivity contribution in [2.24, 2.45) is 5.92 Å². The van der Waals surface area contributed by atoms with Crippen molar-refractivity contribution in [1.29, 1.82) is 0 Å². The molecule has 26 heavy (non-hydrogen) atoms. The first-order chi connectivity index (χ1) is 12.5. The number of benzene rings is 1. The number of fused-ring (bicyclic) bond motifs is 1. The lowest BCUT2D eigenvalue weighted by Crippen LogP contribution is -2.44. The second-order valence-electron chi connectivity index (χ2n) is 7.05. The normalized spacial score (nSPS) is 25.6. The van der Waals surface area contributed by atoms with Gasteiger partial charge in [0.05, 0.1) is 17.8 Å². The van der Waals surface area contributed by atoms with Crippen LogP contribution in [0.3, 0.4) is 0 Å². The predicted octanol–water partition coefficient (Wildman–Crippen LogP) is 4.13. The Morgan fingerprint density at radius 2 is 2.04 bits per heavy atom. The Labute approximate surface area is 164 Å². The average molecular weight is 399 g/mol. The molecule has 1 saturated carbocycles. The molecule has 1 amide bonds. The van der Waals surface area contributed by atoms with Gasteiger partial charge in [-0.15, -0.1) is 0 Å². The van der Waals surface area contributed by atoms with E-state index in [-0.39, 0.29) is 17.9 Å². The van der Waals surface area contributed by atoms with E-state index in [4.69, 9.17) is 27.9 Å². The number of amides is 1. The molecule has 1 aromatic rings. The first kappa shape index (κ1) is 19.5. The average Bonchev–Trinajstić information content (AvgIpc) is 3.01. The lowest BCUT2D eigenvalue weighted by Gasteiger charge is -2.33. The third-order valence-electron chi connectivity index (χ3n) is 5.49. The number of esters is 1. The molecule has 3 rings (SSSR count). The summed E-state index contributed by atoms with van der Waals surface area (Å²) < 4.78 is 4.99. The van der Waals surface area contributed by atoms with Crippen molar-refractivity contribution in [1.82, 2.24) is 4.90 Å². The molecule has 0 radical (unpaired) electrons. The molecular weight excluding hydrogens is 375 g/mol. The van der Waals surface area contributed by atoms with E-state index in [0.29, 0.717) is 40.7 Å². The van der Waals surface area contributed by atoms with Crippen LogP contribution in [0.5, 0.6) is 0 Å². The fraction of sp³-hybridized carbons (Fsp3) is 0.579. The Hall–Kier alpha value is -1.30. The number of nitrogens with zero attached hydrogens (tertiary/aromatic N) is 1. The van der Waals surface area contributed by atoms with Gasteiger partial charge >= 0.3 is 5.97 Å². The van der Waals surface area contributed by atoms with E-state index in [9.17, 15) is 9.59 Å². The first-order valence-corrected chi connectivity index (χ1v) is 9.83. The summed E-state index contributed by atoms with van der Waals surface area (Å²) in [6.45, 7) is 0.533. The Kier molecular flexibility index (Phi) is 6.43. The fourth-order valence-corrected chi connectivity index (χ4v) is 4.62. The van der Waals surface area contributed by atoms with E-state index in [2.05, 4.69) is 10.2 Å². The molecule has 5 nitrogen and oxygen atoms in total. The van der Waals surface area contributed by atoms with Crippen molar-refractivity contribution in [2.75, 3.05) is 19.0 Å². The summed E-state index contributed by atoms with van der Waals surface area (Å²) in [6.07, 6.45) is 5.75. The summed E-state index contributed by atoms with van der Waals surface area (Å²) in [5.41, 5.74) is 0.505. The van der Waals surface area contributed by atoms with Crippen molar-refractivity contribution in [3.63, 3.8) is 0 Å². The van der Waals surface area contributed by atoms with Crippen LogP contribution >= 0.6 is 23.2 Å². The van der Waals surface area contributed by atoms with E-state index in [1.54, 1.807) is 18.2 Å². The van der Waals surface area contributed by atoms with E-state index >= 15 is 0 Å². The van der Waals surface area contributed by atoms with E-state index in [1.165, 1.54) is 20.0 Å². The molecule has 1 aliphatic heterocycles. The molecule has 0 aromatic heterocycles. The number of anilines is 1. The fourth-order valence-electron chi connectivity index (χ4n) is 4.28. The molecule has 1 aromatic carbocycles. The van der Waals surface area contributed by atoms with Crippen LogP contribution in [-0.4, -0.2) is 42.5 Å². The number of halogens is 2. The zero-order valence-corrected chi connectivity index (χ0v) is 16.4. The highest BCUT2D eigenvalue weighted by Crippen LogP contribution is 2.40. The van der Waals surface area contributed by atoms with Gasteiger partial charge in [0.2, 0.25) is 5.91 Å². The van der Waals surface area contributed by atoms with Crippen LogP contribution in [0.1, 0.15) is 38.5 Å². The van der Waals surface area contributed by atoms with Crippen LogP contribution in [0.15, 0.2) is 18.2 Å². The Morgan fingerprint density at radius 3 is 2.81 bits per heavy atom. The monoisotopic (exact) mass is 398 g/mol. The van der Waals surface area contributed by atoms with Gasteiger partial charge < -0.3 is 10.1 Å². The number of carbonyl (C=O) groups excluding carboxylic acids is 2. The minimum atomic E-state index is -0.240. The summed E-state index contributed by atoms with van der Waals surface area (Å²) in [5.74, 6) is 0.188. The number of methoxy groups -OCH3 is 1. The van der Waals surface area contributed by atoms with Gasteiger partial charge in [-0.25, -0.2) is 0 Å². The number of carbonyl (C=O) groups is 2. The quantitative estimate of drug-likeness (QED) is 0.757. The summed E-state index contributed by atoms with van der Waals surface area (Å²) in [4.78, 5) is 26.7. The maximum Gasteiger partial charge on any atom is 0.323 e. The minimum Gasteiger partial charge on any atom is -0.468 e. The third-order valence-corrected chi connectivity index (χ3v) is 6.06. The molecule has 1 N–H and O–H groups in total. The molecule has 0 spiro atoms. The zero-order valence-electron chi connectivity index (χ0n) is 14.8. The predicted molar refractivity (Wildman–Crippen MR) is 103 cm³/mol. The van der Waals surface area contributed by atoms with Crippen LogP contribution in [0.4, 0.5) is 5.69 Å². The molecule has 2 fully saturated rings. The van der Waals surface area contributed by atoms with Crippen LogP contribution in [0.2, 0.25) is 10.0 Å². The molecule has 7 heteroatoms. The smallest absolute Gasteiger partial charge is 0.323 e. The van der Waals surface area contributed by atoms with Crippen molar-refractivity contribution in [2.45, 2.75) is 50.6 Å². The van der Waals surface area contributed by atoms with Crippen LogP contribution < -0.4 is 5.32 Å². The highest BCUT2D eigenvalue weighted by molar-refractivity contribution is 6.35. The standard InChI is InChI=1S/C19H24Cl2N2O3/c1-26-19(25)17-10-12-4-2-3-5-16(12)23(17)9-8-18(24)22-15-11-13(20)6-7-14(15)21/h6-7,11-12,16-17H,2-5,8-10H2,1H3,(H,22,24). The maximum atomic E-state index is 12.4. The molecule has 1 heterocycles. The Bertz CT molecular complexity index is 683. The van der Waals surface area contributed by atoms with Gasteiger partial charge in [-0.2, -0.15) is 0 Å². The summed E-state index contributed by atoms with van der Waals surface area (Å²) in [6, 6.07) is 5.09. The van der Waals surface area contributed by atoms with Crippen LogP contribution in [0.25, 0.3) is 0 Å². The third kappa shape index (κ3) is 4.33. The highest BCUT2D eigenvalue weighted by Gasteiger charge is 2.45. The van der Waals surface area contributed by atoms with Crippen LogP contribution in [0, 0.1) is 5.92 Å². The lowest BCUT2D eigenvalue weighted by molar-refractivity contribution is -0.146. The molecule has 142 valence electrons. The second kappa shape index (κ2) is 8.59. The van der Waals surface area contributed by atoms with E-state index in [0.717, 1.165) is 19.3 Å². The first-order valence-electron chi connectivity index (χ1n) is 9.08. The Morgan fingerprint density at radius 1 is 1.27 bits per heavy atom. The molecular formula is C19H24Cl2N2O3. The number of likely N-dealkylation sites (tertiary alicyclic amines) is 1. The Balaban J connectivity index is 1.63. The van der Waals surface area contributed by atoms with Gasteiger partial charge in [-0.1, -0.05) is 36.0 Å². The maximum absolute atomic E-state index is 12.4. The molecule has 1 saturated heterocycles. The lowest BCUT2D eigenvalue weighted by atomic mass is 9.85. The summed E-state index contributed by atoms with van der Waals surface area (Å²) in [7, 11) is 1.43. The van der Waals surface area contributed by atoms with Gasteiger partial charge in [-0.05, 0) is 43.4 Å². The summed E-state index contributed by atoms with van der Waals surface area (Å²) in [5, 5.41) is 3.77. The molecule has 1 aliphatic carbocycles. The number of nitrogens with one attached hydrogen (secondary N) is 1. The topological polar surface area (TPSA) is 58.6 Å². The molecule has 0 bridgehead atoms. The SMILES string of the molecule is COC(=O)C1CC2CCCCC2N1CCC(=O)Nc1cc(Cl)ccc1Cl. The van der Waals surface area contributed by atoms with Gasteiger partial charge in [-0.3, -0.25) is 14.5 Å². The van der Waals surface area contributed by atoms with Gasteiger partial charge in [0, 0.05) is 24.0 Å². The van der Waals surface area contributed by atoms with Crippen molar-refractivity contribution < 1.29 is 14.3 Å². The summed E-state index contributed by atoms with van der Waals surface area (Å²) >= 11 is 12.1. The van der Waals surface area contributed by atoms with Crippen molar-refractivity contribution in [3.05, 3.63) is 28.2 Å². The largest absolute Gasteiger partial charge is 0.468 e. The van der Waals surface area contributed by atoms with Gasteiger partial charge in [0.1, 0.15) is 6.04 Å². The molecule has 2 aliphatic rings. The number of hydrogen-bond acceptors (Lipinski definition) is 4. The van der Waals surface area contributed by atoms with Crippen molar-refractivity contribution in [3.8, 4) is 0 Å². The number of hydrogen-bond donors (Lipinski definition) is 1. The highest BCUT2D eigenvalue weighted by atomic mass is 35.5. The van der Waals surface area contributed by atoms with Crippen LogP contribution in [-0.2, 0) is 14.3 Å². The van der Waals surface area contributed by atoms with E-state index in [1.807, 2.05) is 0 Å². The second-order valence-corrected chi connectivity index (χ2v) is 7.89. The van der Waals surface area contributed by atoms with Gasteiger partial charge in [0.15, 0.2) is 0 Å². The number of ether oxygens (including phenoxy) is 1. The van der Waals surface area contributed by atoms with Gasteiger partial charge in [0.25, 0.3) is 0 Å². The number of rotatable bonds is 5. The van der Waals surface area contributed by atoms with E-state index < -0.39 is 0 Å². The minimum absolute atomic E-state index is 0.142. The molecule has 3 atom stereocenters. The molecule has 3 unspecified atom stereocenters.